The van der Waals surface area contributed by atoms with Crippen LogP contribution in [-0.2, 0) is 35.5 Å². The van der Waals surface area contributed by atoms with Crippen LogP contribution in [0.3, 0.4) is 0 Å². The maximum absolute atomic E-state index is 14.8. The first-order valence-corrected chi connectivity index (χ1v) is 10.9. The lowest BCUT2D eigenvalue weighted by atomic mass is 9.95. The Morgan fingerprint density at radius 3 is 2.93 bits per heavy atom. The van der Waals surface area contributed by atoms with Crippen molar-refractivity contribution in [2.75, 3.05) is 5.75 Å². The molecule has 152 valence electrons. The van der Waals surface area contributed by atoms with E-state index in [9.17, 15) is 19.1 Å². The third-order valence-corrected chi connectivity index (χ3v) is 7.46. The Labute approximate surface area is 174 Å². The number of esters is 1. The smallest absolute Gasteiger partial charge is 0.340 e. The second kappa shape index (κ2) is 6.15. The number of hydrogen-bond donors (Lipinski definition) is 1. The van der Waals surface area contributed by atoms with Gasteiger partial charge in [0.15, 0.2) is 6.10 Å². The standard InChI is InChI=1S/C22H17FN2O4S/c1-2-9-14(23)6-15-17-10(3-4-30-20(9)17)12-7-25-16(18(12)24-15)5-11-13(21(25)27)8-29-22(28)19(11)26/h5-6,19,26H,2-4,7-8H2,1H3. The van der Waals surface area contributed by atoms with Gasteiger partial charge in [-0.05, 0) is 24.5 Å². The molecule has 6 rings (SSSR count). The molecule has 0 fully saturated rings. The first-order valence-electron chi connectivity index (χ1n) is 9.91. The lowest BCUT2D eigenvalue weighted by Crippen LogP contribution is -2.32. The molecule has 0 aliphatic carbocycles. The van der Waals surface area contributed by atoms with Crippen LogP contribution in [0.2, 0.25) is 0 Å². The number of hydrogen-bond acceptors (Lipinski definition) is 6. The molecule has 1 aromatic carbocycles. The molecule has 0 spiro atoms. The van der Waals surface area contributed by atoms with Crippen LogP contribution in [0.15, 0.2) is 21.8 Å². The largest absolute Gasteiger partial charge is 0.458 e. The van der Waals surface area contributed by atoms with Crippen LogP contribution in [0.5, 0.6) is 0 Å². The molecule has 3 aromatic rings. The first-order chi connectivity index (χ1) is 14.5. The molecule has 0 radical (unpaired) electrons. The van der Waals surface area contributed by atoms with E-state index in [1.165, 1.54) is 6.07 Å². The number of thioether (sulfide) groups is 1. The highest BCUT2D eigenvalue weighted by molar-refractivity contribution is 7.99. The normalized spacial score (nSPS) is 18.8. The number of rotatable bonds is 1. The van der Waals surface area contributed by atoms with Crippen molar-refractivity contribution in [2.45, 2.75) is 43.9 Å². The van der Waals surface area contributed by atoms with Gasteiger partial charge in [-0.3, -0.25) is 4.79 Å². The van der Waals surface area contributed by atoms with Gasteiger partial charge in [-0.15, -0.1) is 11.8 Å². The zero-order valence-corrected chi connectivity index (χ0v) is 16.9. The number of fused-ring (bicyclic) bond motifs is 5. The monoisotopic (exact) mass is 424 g/mol. The van der Waals surface area contributed by atoms with E-state index in [0.29, 0.717) is 35.4 Å². The SMILES string of the molecule is CCc1c(F)cc2nc3c(c4c2c1SCC4)Cn1c-3cc2c(c1=O)COC(=O)C2O. The van der Waals surface area contributed by atoms with Crippen molar-refractivity contribution in [1.82, 2.24) is 9.55 Å². The van der Waals surface area contributed by atoms with Crippen molar-refractivity contribution >= 4 is 28.6 Å². The summed E-state index contributed by atoms with van der Waals surface area (Å²) in [5, 5.41) is 11.2. The average molecular weight is 424 g/mol. The number of carbonyl (C=O) groups is 1. The Morgan fingerprint density at radius 2 is 2.13 bits per heavy atom. The van der Waals surface area contributed by atoms with E-state index < -0.39 is 12.1 Å². The lowest BCUT2D eigenvalue weighted by Gasteiger charge is -2.22. The summed E-state index contributed by atoms with van der Waals surface area (Å²) in [5.41, 5.74) is 4.87. The summed E-state index contributed by atoms with van der Waals surface area (Å²) in [6.07, 6.45) is -0.0536. The highest BCUT2D eigenvalue weighted by Gasteiger charge is 2.35. The fourth-order valence-electron chi connectivity index (χ4n) is 4.88. The van der Waals surface area contributed by atoms with Crippen molar-refractivity contribution in [3.05, 3.63) is 56.1 Å². The van der Waals surface area contributed by atoms with E-state index in [-0.39, 0.29) is 23.5 Å². The van der Waals surface area contributed by atoms with Gasteiger partial charge in [0.05, 0.1) is 29.0 Å². The summed E-state index contributed by atoms with van der Waals surface area (Å²) in [6.45, 7) is 2.18. The number of aliphatic hydroxyl groups excluding tert-OH is 1. The van der Waals surface area contributed by atoms with E-state index in [4.69, 9.17) is 9.72 Å². The number of aryl methyl sites for hydroxylation is 1. The van der Waals surface area contributed by atoms with Crippen molar-refractivity contribution in [2.24, 2.45) is 0 Å². The van der Waals surface area contributed by atoms with Crippen LogP contribution in [0.4, 0.5) is 4.39 Å². The Bertz CT molecular complexity index is 1360. The Balaban J connectivity index is 1.67. The third-order valence-electron chi connectivity index (χ3n) is 6.32. The molecule has 8 heteroatoms. The fourth-order valence-corrected chi connectivity index (χ4v) is 6.17. The summed E-state index contributed by atoms with van der Waals surface area (Å²) in [6, 6.07) is 3.15. The Kier molecular flexibility index (Phi) is 3.71. The molecule has 6 nitrogen and oxygen atoms in total. The molecule has 0 saturated heterocycles. The zero-order valence-electron chi connectivity index (χ0n) is 16.1. The fraction of sp³-hybridized carbons (Fsp3) is 0.318. The number of halogens is 1. The van der Waals surface area contributed by atoms with Crippen molar-refractivity contribution in [1.29, 1.82) is 0 Å². The van der Waals surface area contributed by atoms with Crippen molar-refractivity contribution < 1.29 is 19.0 Å². The maximum Gasteiger partial charge on any atom is 0.340 e. The highest BCUT2D eigenvalue weighted by Crippen LogP contribution is 2.45. The lowest BCUT2D eigenvalue weighted by molar-refractivity contribution is -0.157. The van der Waals surface area contributed by atoms with E-state index in [2.05, 4.69) is 0 Å². The van der Waals surface area contributed by atoms with Gasteiger partial charge in [-0.1, -0.05) is 6.92 Å². The first kappa shape index (κ1) is 18.1. The highest BCUT2D eigenvalue weighted by atomic mass is 32.2. The molecule has 0 bridgehead atoms. The van der Waals surface area contributed by atoms with Crippen LogP contribution in [0.25, 0.3) is 22.3 Å². The Hall–Kier alpha value is -2.71. The van der Waals surface area contributed by atoms with Crippen LogP contribution in [0.1, 0.15) is 40.8 Å². The predicted molar refractivity (Wildman–Crippen MR) is 109 cm³/mol. The van der Waals surface area contributed by atoms with Gasteiger partial charge in [-0.25, -0.2) is 14.2 Å². The Morgan fingerprint density at radius 1 is 1.30 bits per heavy atom. The predicted octanol–water partition coefficient (Wildman–Crippen LogP) is 2.87. The molecule has 0 saturated carbocycles. The number of ether oxygens (including phenoxy) is 1. The summed E-state index contributed by atoms with van der Waals surface area (Å²) in [7, 11) is 0. The average Bonchev–Trinajstić information content (AvgIpc) is 3.11. The van der Waals surface area contributed by atoms with E-state index in [1.54, 1.807) is 22.4 Å². The number of nitrogens with zero attached hydrogens (tertiary/aromatic N) is 2. The molecule has 3 aliphatic rings. The molecule has 5 heterocycles. The van der Waals surface area contributed by atoms with Gasteiger partial charge in [0, 0.05) is 38.8 Å². The van der Waals surface area contributed by atoms with Gasteiger partial charge < -0.3 is 14.4 Å². The molecule has 3 aliphatic heterocycles. The number of pyridine rings is 2. The van der Waals surface area contributed by atoms with Gasteiger partial charge in [-0.2, -0.15) is 0 Å². The summed E-state index contributed by atoms with van der Waals surface area (Å²) in [4.78, 5) is 30.6. The van der Waals surface area contributed by atoms with Crippen LogP contribution in [-0.4, -0.2) is 26.4 Å². The van der Waals surface area contributed by atoms with Crippen LogP contribution >= 0.6 is 11.8 Å². The minimum absolute atomic E-state index is 0.144. The minimum atomic E-state index is -1.48. The number of aromatic nitrogens is 2. The second-order valence-corrected chi connectivity index (χ2v) is 8.90. The van der Waals surface area contributed by atoms with Crippen molar-refractivity contribution in [3.8, 4) is 11.4 Å². The minimum Gasteiger partial charge on any atom is -0.458 e. The number of carbonyl (C=O) groups excluding carboxylic acids is 1. The molecule has 2 aromatic heterocycles. The van der Waals surface area contributed by atoms with Gasteiger partial charge in [0.25, 0.3) is 5.56 Å². The van der Waals surface area contributed by atoms with Gasteiger partial charge >= 0.3 is 5.97 Å². The number of aliphatic hydroxyl groups is 1. The van der Waals surface area contributed by atoms with Gasteiger partial charge in [0.1, 0.15) is 12.4 Å². The van der Waals surface area contributed by atoms with E-state index in [0.717, 1.165) is 39.1 Å². The molecule has 0 amide bonds. The molecular formula is C22H17FN2O4S. The van der Waals surface area contributed by atoms with Crippen LogP contribution < -0.4 is 5.56 Å². The summed E-state index contributed by atoms with van der Waals surface area (Å²) < 4.78 is 21.3. The summed E-state index contributed by atoms with van der Waals surface area (Å²) in [5.74, 6) is -0.174. The van der Waals surface area contributed by atoms with E-state index >= 15 is 0 Å². The topological polar surface area (TPSA) is 81.4 Å². The molecular weight excluding hydrogens is 407 g/mol. The third kappa shape index (κ3) is 2.20. The molecule has 1 atom stereocenters. The van der Waals surface area contributed by atoms with Crippen LogP contribution in [0, 0.1) is 5.82 Å². The maximum atomic E-state index is 14.8. The summed E-state index contributed by atoms with van der Waals surface area (Å²) >= 11 is 1.66. The number of benzene rings is 1. The molecule has 1 unspecified atom stereocenters. The number of cyclic esters (lactones) is 1. The van der Waals surface area contributed by atoms with Gasteiger partial charge in [0.2, 0.25) is 0 Å². The quantitative estimate of drug-likeness (QED) is 0.473. The second-order valence-electron chi connectivity index (χ2n) is 7.79. The van der Waals surface area contributed by atoms with E-state index in [1.807, 2.05) is 6.92 Å². The molecule has 1 N–H and O–H groups in total. The zero-order chi connectivity index (χ0) is 20.7. The molecule has 30 heavy (non-hydrogen) atoms. The van der Waals surface area contributed by atoms with Crippen molar-refractivity contribution in [3.63, 3.8) is 0 Å².